The molecule has 0 aromatic heterocycles. The maximum absolute atomic E-state index is 5.66. The van der Waals surface area contributed by atoms with Crippen molar-refractivity contribution >= 4 is 5.69 Å². The van der Waals surface area contributed by atoms with E-state index in [4.69, 9.17) is 14.2 Å². The number of hydrogen-bond donors (Lipinski definition) is 1. The molecule has 1 aliphatic rings. The third kappa shape index (κ3) is 3.11. The van der Waals surface area contributed by atoms with E-state index >= 15 is 0 Å². The lowest BCUT2D eigenvalue weighted by Gasteiger charge is -2.21. The fourth-order valence-electron chi connectivity index (χ4n) is 2.71. The second-order valence-corrected chi connectivity index (χ2v) is 5.55. The summed E-state index contributed by atoms with van der Waals surface area (Å²) in [7, 11) is 1.65. The van der Waals surface area contributed by atoms with Crippen molar-refractivity contribution in [3.63, 3.8) is 0 Å². The fourth-order valence-corrected chi connectivity index (χ4v) is 2.71. The Labute approximate surface area is 131 Å². The minimum absolute atomic E-state index is 0.559. The van der Waals surface area contributed by atoms with Gasteiger partial charge in [0, 0.05) is 12.2 Å². The first-order valence-electron chi connectivity index (χ1n) is 7.44. The molecule has 2 aromatic rings. The van der Waals surface area contributed by atoms with Crippen LogP contribution in [0.25, 0.3) is 0 Å². The first kappa shape index (κ1) is 14.6. The first-order chi connectivity index (χ1) is 10.7. The zero-order valence-electron chi connectivity index (χ0n) is 13.2. The number of aryl methyl sites for hydroxylation is 2. The second kappa shape index (κ2) is 6.18. The molecule has 0 aliphatic carbocycles. The highest BCUT2D eigenvalue weighted by atomic mass is 16.6. The van der Waals surface area contributed by atoms with E-state index < -0.39 is 0 Å². The smallest absolute Gasteiger partial charge is 0.203 e. The van der Waals surface area contributed by atoms with Crippen molar-refractivity contribution in [2.24, 2.45) is 0 Å². The van der Waals surface area contributed by atoms with Crippen molar-refractivity contribution in [1.82, 2.24) is 0 Å². The van der Waals surface area contributed by atoms with Crippen molar-refractivity contribution < 1.29 is 14.2 Å². The van der Waals surface area contributed by atoms with Crippen molar-refractivity contribution in [3.8, 4) is 17.2 Å². The SMILES string of the molecule is COc1cc(CNc2cc(C)cc(C)c2)cc2c1OCCO2. The van der Waals surface area contributed by atoms with Crippen LogP contribution >= 0.6 is 0 Å². The minimum Gasteiger partial charge on any atom is -0.493 e. The van der Waals surface area contributed by atoms with E-state index in [-0.39, 0.29) is 0 Å². The number of benzene rings is 2. The Balaban J connectivity index is 1.80. The molecule has 3 rings (SSSR count). The molecule has 0 saturated heterocycles. The Kier molecular flexibility index (Phi) is 4.09. The highest BCUT2D eigenvalue weighted by Crippen LogP contribution is 2.40. The molecule has 116 valence electrons. The summed E-state index contributed by atoms with van der Waals surface area (Å²) in [4.78, 5) is 0. The van der Waals surface area contributed by atoms with E-state index in [9.17, 15) is 0 Å². The lowest BCUT2D eigenvalue weighted by atomic mass is 10.1. The van der Waals surface area contributed by atoms with E-state index in [2.05, 4.69) is 37.4 Å². The van der Waals surface area contributed by atoms with Crippen LogP contribution in [-0.4, -0.2) is 20.3 Å². The number of nitrogens with one attached hydrogen (secondary N) is 1. The van der Waals surface area contributed by atoms with E-state index in [0.29, 0.717) is 25.5 Å². The molecule has 4 nitrogen and oxygen atoms in total. The van der Waals surface area contributed by atoms with Crippen LogP contribution in [0.1, 0.15) is 16.7 Å². The molecule has 0 atom stereocenters. The van der Waals surface area contributed by atoms with Gasteiger partial charge >= 0.3 is 0 Å². The normalized spacial score (nSPS) is 12.9. The molecule has 0 spiro atoms. The molecule has 4 heteroatoms. The Morgan fingerprint density at radius 2 is 1.73 bits per heavy atom. The van der Waals surface area contributed by atoms with Gasteiger partial charge in [-0.2, -0.15) is 0 Å². The molecular weight excluding hydrogens is 278 g/mol. The number of anilines is 1. The van der Waals surface area contributed by atoms with Crippen LogP contribution in [0.5, 0.6) is 17.2 Å². The summed E-state index contributed by atoms with van der Waals surface area (Å²) < 4.78 is 16.7. The maximum atomic E-state index is 5.66. The van der Waals surface area contributed by atoms with E-state index in [0.717, 1.165) is 22.7 Å². The summed E-state index contributed by atoms with van der Waals surface area (Å²) in [5.41, 5.74) is 4.72. The van der Waals surface area contributed by atoms with Gasteiger partial charge in [0.15, 0.2) is 11.5 Å². The Morgan fingerprint density at radius 3 is 2.45 bits per heavy atom. The van der Waals surface area contributed by atoms with Gasteiger partial charge in [-0.1, -0.05) is 6.07 Å². The first-order valence-corrected chi connectivity index (χ1v) is 7.44. The summed E-state index contributed by atoms with van der Waals surface area (Å²) in [6.07, 6.45) is 0. The van der Waals surface area contributed by atoms with Gasteiger partial charge in [-0.3, -0.25) is 0 Å². The van der Waals surface area contributed by atoms with E-state index in [1.807, 2.05) is 12.1 Å². The summed E-state index contributed by atoms with van der Waals surface area (Å²) in [6, 6.07) is 10.4. The van der Waals surface area contributed by atoms with Crippen LogP contribution in [0, 0.1) is 13.8 Å². The third-order valence-electron chi connectivity index (χ3n) is 3.61. The summed E-state index contributed by atoms with van der Waals surface area (Å²) in [5, 5.41) is 3.45. The molecule has 22 heavy (non-hydrogen) atoms. The quantitative estimate of drug-likeness (QED) is 0.934. The molecule has 0 fully saturated rings. The predicted molar refractivity (Wildman–Crippen MR) is 87.2 cm³/mol. The molecule has 0 bridgehead atoms. The van der Waals surface area contributed by atoms with Crippen molar-refractivity contribution in [2.45, 2.75) is 20.4 Å². The van der Waals surface area contributed by atoms with Crippen LogP contribution < -0.4 is 19.5 Å². The summed E-state index contributed by atoms with van der Waals surface area (Å²) in [6.45, 7) is 6.04. The number of rotatable bonds is 4. The monoisotopic (exact) mass is 299 g/mol. The number of methoxy groups -OCH3 is 1. The van der Waals surface area contributed by atoms with Crippen LogP contribution in [0.15, 0.2) is 30.3 Å². The van der Waals surface area contributed by atoms with Gasteiger partial charge in [-0.05, 0) is 54.8 Å². The van der Waals surface area contributed by atoms with Crippen molar-refractivity contribution in [2.75, 3.05) is 25.6 Å². The van der Waals surface area contributed by atoms with E-state index in [1.165, 1.54) is 11.1 Å². The molecule has 1 N–H and O–H groups in total. The lowest BCUT2D eigenvalue weighted by molar-refractivity contribution is 0.165. The minimum atomic E-state index is 0.559. The van der Waals surface area contributed by atoms with Gasteiger partial charge in [0.2, 0.25) is 5.75 Å². The Bertz CT molecular complexity index is 645. The molecule has 1 heterocycles. The highest BCUT2D eigenvalue weighted by molar-refractivity contribution is 5.55. The average Bonchev–Trinajstić information content (AvgIpc) is 2.51. The van der Waals surface area contributed by atoms with E-state index in [1.54, 1.807) is 7.11 Å². The van der Waals surface area contributed by atoms with Crippen LogP contribution in [-0.2, 0) is 6.54 Å². The lowest BCUT2D eigenvalue weighted by Crippen LogP contribution is -2.16. The summed E-state index contributed by atoms with van der Waals surface area (Å²) >= 11 is 0. The molecule has 1 aliphatic heterocycles. The predicted octanol–water partition coefficient (Wildman–Crippen LogP) is 3.70. The van der Waals surface area contributed by atoms with Gasteiger partial charge in [-0.25, -0.2) is 0 Å². The van der Waals surface area contributed by atoms with Gasteiger partial charge in [0.05, 0.1) is 7.11 Å². The van der Waals surface area contributed by atoms with Crippen molar-refractivity contribution in [3.05, 3.63) is 47.0 Å². The fraction of sp³-hybridized carbons (Fsp3) is 0.333. The molecular formula is C18H21NO3. The number of hydrogen-bond acceptors (Lipinski definition) is 4. The zero-order chi connectivity index (χ0) is 15.5. The third-order valence-corrected chi connectivity index (χ3v) is 3.61. The van der Waals surface area contributed by atoms with Gasteiger partial charge in [-0.15, -0.1) is 0 Å². The topological polar surface area (TPSA) is 39.7 Å². The highest BCUT2D eigenvalue weighted by Gasteiger charge is 2.18. The van der Waals surface area contributed by atoms with Crippen LogP contribution in [0.4, 0.5) is 5.69 Å². The van der Waals surface area contributed by atoms with Crippen molar-refractivity contribution in [1.29, 1.82) is 0 Å². The van der Waals surface area contributed by atoms with Gasteiger partial charge in [0.1, 0.15) is 13.2 Å². The molecule has 0 radical (unpaired) electrons. The molecule has 0 unspecified atom stereocenters. The zero-order valence-corrected chi connectivity index (χ0v) is 13.2. The van der Waals surface area contributed by atoms with Crippen LogP contribution in [0.3, 0.4) is 0 Å². The Morgan fingerprint density at radius 1 is 1.00 bits per heavy atom. The molecule has 2 aromatic carbocycles. The molecule has 0 amide bonds. The van der Waals surface area contributed by atoms with Crippen LogP contribution in [0.2, 0.25) is 0 Å². The Hall–Kier alpha value is -2.36. The standard InChI is InChI=1S/C18H21NO3/c1-12-6-13(2)8-15(7-12)19-11-14-9-16(20-3)18-17(10-14)21-4-5-22-18/h6-10,19H,4-5,11H2,1-3H3. The summed E-state index contributed by atoms with van der Waals surface area (Å²) in [5.74, 6) is 2.17. The van der Waals surface area contributed by atoms with Gasteiger partial charge in [0.25, 0.3) is 0 Å². The maximum Gasteiger partial charge on any atom is 0.203 e. The number of fused-ring (bicyclic) bond motifs is 1. The second-order valence-electron chi connectivity index (χ2n) is 5.55. The molecule has 0 saturated carbocycles. The number of ether oxygens (including phenoxy) is 3. The van der Waals surface area contributed by atoms with Gasteiger partial charge < -0.3 is 19.5 Å². The average molecular weight is 299 g/mol. The largest absolute Gasteiger partial charge is 0.493 e.